The molecule has 138 valence electrons. The molecule has 8 heteroatoms. The molecule has 2 N–H and O–H groups in total. The van der Waals surface area contributed by atoms with E-state index in [0.29, 0.717) is 30.7 Å². The standard InChI is InChI=1S/C17H25N3O4S/c1-11(2)4-7-24-14-5-6-23-9-13(14)19-16(22)10-25-17-18-12(3)8-15(21)20-17/h4,8,13-14H,5-7,9-10H2,1-3H3,(H,19,22)(H,18,20,21)/t13-,14+/m1/s1. The fraction of sp³-hybridized carbons (Fsp3) is 0.588. The lowest BCUT2D eigenvalue weighted by molar-refractivity contribution is -0.123. The maximum atomic E-state index is 12.2. The van der Waals surface area contributed by atoms with E-state index in [1.807, 2.05) is 19.9 Å². The first kappa shape index (κ1) is 19.7. The van der Waals surface area contributed by atoms with E-state index in [4.69, 9.17) is 9.47 Å². The van der Waals surface area contributed by atoms with Crippen LogP contribution in [-0.4, -0.2) is 53.6 Å². The van der Waals surface area contributed by atoms with E-state index in [-0.39, 0.29) is 29.4 Å². The zero-order chi connectivity index (χ0) is 18.2. The van der Waals surface area contributed by atoms with Gasteiger partial charge in [0.2, 0.25) is 5.91 Å². The van der Waals surface area contributed by atoms with Crippen molar-refractivity contribution < 1.29 is 14.3 Å². The van der Waals surface area contributed by atoms with Crippen LogP contribution in [-0.2, 0) is 14.3 Å². The smallest absolute Gasteiger partial charge is 0.251 e. The van der Waals surface area contributed by atoms with Crippen LogP contribution in [0.3, 0.4) is 0 Å². The number of H-pyrrole nitrogens is 1. The Labute approximate surface area is 151 Å². The number of hydrogen-bond acceptors (Lipinski definition) is 6. The fourth-order valence-electron chi connectivity index (χ4n) is 2.39. The zero-order valence-electron chi connectivity index (χ0n) is 14.8. The fourth-order valence-corrected chi connectivity index (χ4v) is 3.13. The van der Waals surface area contributed by atoms with Gasteiger partial charge in [0.25, 0.3) is 5.56 Å². The van der Waals surface area contributed by atoms with Crippen LogP contribution in [0, 0.1) is 6.92 Å². The molecule has 0 bridgehead atoms. The predicted molar refractivity (Wildman–Crippen MR) is 96.9 cm³/mol. The average Bonchev–Trinajstić information content (AvgIpc) is 2.53. The molecule has 0 saturated carbocycles. The van der Waals surface area contributed by atoms with Crippen LogP contribution < -0.4 is 10.9 Å². The number of amides is 1. The summed E-state index contributed by atoms with van der Waals surface area (Å²) in [6, 6.07) is 1.25. The van der Waals surface area contributed by atoms with Gasteiger partial charge in [0.1, 0.15) is 0 Å². The Balaban J connectivity index is 1.84. The first-order valence-electron chi connectivity index (χ1n) is 8.27. The number of hydrogen-bond donors (Lipinski definition) is 2. The van der Waals surface area contributed by atoms with Gasteiger partial charge in [-0.05, 0) is 27.2 Å². The van der Waals surface area contributed by atoms with Gasteiger partial charge in [0.05, 0.1) is 31.1 Å². The third-order valence-electron chi connectivity index (χ3n) is 3.63. The molecule has 2 heterocycles. The maximum Gasteiger partial charge on any atom is 0.251 e. The number of thioether (sulfide) groups is 1. The number of aromatic amines is 1. The van der Waals surface area contributed by atoms with Crippen molar-refractivity contribution in [1.82, 2.24) is 15.3 Å². The zero-order valence-corrected chi connectivity index (χ0v) is 15.6. The van der Waals surface area contributed by atoms with Crippen LogP contribution >= 0.6 is 11.8 Å². The number of ether oxygens (including phenoxy) is 2. The van der Waals surface area contributed by atoms with Crippen LogP contribution in [0.2, 0.25) is 0 Å². The van der Waals surface area contributed by atoms with Gasteiger partial charge in [-0.2, -0.15) is 0 Å². The Morgan fingerprint density at radius 1 is 1.56 bits per heavy atom. The molecule has 7 nitrogen and oxygen atoms in total. The molecular formula is C17H25N3O4S. The highest BCUT2D eigenvalue weighted by atomic mass is 32.2. The molecule has 0 aliphatic carbocycles. The van der Waals surface area contributed by atoms with Crippen molar-refractivity contribution in [3.63, 3.8) is 0 Å². The second kappa shape index (κ2) is 9.74. The quantitative estimate of drug-likeness (QED) is 0.430. The van der Waals surface area contributed by atoms with Gasteiger partial charge >= 0.3 is 0 Å². The lowest BCUT2D eigenvalue weighted by Gasteiger charge is -2.31. The Morgan fingerprint density at radius 3 is 3.08 bits per heavy atom. The third kappa shape index (κ3) is 7.01. The normalized spacial score (nSPS) is 20.1. The van der Waals surface area contributed by atoms with Crippen molar-refractivity contribution in [3.8, 4) is 0 Å². The van der Waals surface area contributed by atoms with E-state index in [1.165, 1.54) is 23.4 Å². The Kier molecular flexibility index (Phi) is 7.67. The van der Waals surface area contributed by atoms with Crippen molar-refractivity contribution in [2.24, 2.45) is 0 Å². The molecule has 0 radical (unpaired) electrons. The molecular weight excluding hydrogens is 342 g/mol. The SMILES string of the molecule is CC(C)=CCO[C@H]1CCOC[C@H]1NC(=O)CSc1nc(C)cc(=O)[nH]1. The number of nitrogens with one attached hydrogen (secondary N) is 2. The molecule has 0 unspecified atom stereocenters. The van der Waals surface area contributed by atoms with Gasteiger partial charge in [-0.3, -0.25) is 9.59 Å². The first-order valence-corrected chi connectivity index (χ1v) is 9.25. The monoisotopic (exact) mass is 367 g/mol. The minimum absolute atomic E-state index is 0.0600. The molecule has 2 rings (SSSR count). The number of rotatable bonds is 7. The molecule has 0 spiro atoms. The van der Waals surface area contributed by atoms with Crippen LogP contribution in [0.15, 0.2) is 27.7 Å². The summed E-state index contributed by atoms with van der Waals surface area (Å²) in [5, 5.41) is 3.40. The summed E-state index contributed by atoms with van der Waals surface area (Å²) in [5.41, 5.74) is 1.60. The number of carbonyl (C=O) groups excluding carboxylic acids is 1. The summed E-state index contributed by atoms with van der Waals surface area (Å²) in [5.74, 6) is 0.0318. The van der Waals surface area contributed by atoms with Crippen molar-refractivity contribution >= 4 is 17.7 Å². The van der Waals surface area contributed by atoms with Gasteiger partial charge in [0, 0.05) is 18.4 Å². The second-order valence-corrected chi connectivity index (χ2v) is 7.14. The summed E-state index contributed by atoms with van der Waals surface area (Å²) in [6.07, 6.45) is 2.71. The number of aromatic nitrogens is 2. The van der Waals surface area contributed by atoms with Crippen LogP contribution in [0.25, 0.3) is 0 Å². The second-order valence-electron chi connectivity index (χ2n) is 6.17. The third-order valence-corrected chi connectivity index (χ3v) is 4.50. The van der Waals surface area contributed by atoms with Crippen LogP contribution in [0.1, 0.15) is 26.0 Å². The largest absolute Gasteiger partial charge is 0.379 e. The predicted octanol–water partition coefficient (Wildman–Crippen LogP) is 1.43. The van der Waals surface area contributed by atoms with E-state index in [1.54, 1.807) is 6.92 Å². The van der Waals surface area contributed by atoms with Crippen molar-refractivity contribution in [2.45, 2.75) is 44.5 Å². The van der Waals surface area contributed by atoms with Crippen molar-refractivity contribution in [3.05, 3.63) is 33.8 Å². The summed E-state index contributed by atoms with van der Waals surface area (Å²) in [6.45, 7) is 7.39. The lowest BCUT2D eigenvalue weighted by Crippen LogP contribution is -2.51. The van der Waals surface area contributed by atoms with E-state index < -0.39 is 0 Å². The highest BCUT2D eigenvalue weighted by Gasteiger charge is 2.27. The molecule has 1 saturated heterocycles. The van der Waals surface area contributed by atoms with E-state index >= 15 is 0 Å². The minimum atomic E-state index is -0.219. The van der Waals surface area contributed by atoms with E-state index in [0.717, 1.165) is 6.42 Å². The van der Waals surface area contributed by atoms with E-state index in [2.05, 4.69) is 15.3 Å². The van der Waals surface area contributed by atoms with Crippen LogP contribution in [0.5, 0.6) is 0 Å². The minimum Gasteiger partial charge on any atom is -0.379 e. The Morgan fingerprint density at radius 2 is 2.36 bits per heavy atom. The molecule has 1 aliphatic rings. The van der Waals surface area contributed by atoms with Gasteiger partial charge in [-0.1, -0.05) is 23.4 Å². The van der Waals surface area contributed by atoms with Gasteiger partial charge in [-0.25, -0.2) is 4.98 Å². The van der Waals surface area contributed by atoms with Crippen LogP contribution in [0.4, 0.5) is 0 Å². The number of nitrogens with zero attached hydrogens (tertiary/aromatic N) is 1. The number of carbonyl (C=O) groups is 1. The maximum absolute atomic E-state index is 12.2. The number of allylic oxidation sites excluding steroid dienone is 1. The van der Waals surface area contributed by atoms with Gasteiger partial charge < -0.3 is 19.8 Å². The first-order chi connectivity index (χ1) is 11.9. The molecule has 1 aromatic heterocycles. The molecule has 2 atom stereocenters. The molecule has 1 fully saturated rings. The highest BCUT2D eigenvalue weighted by Crippen LogP contribution is 2.14. The molecule has 25 heavy (non-hydrogen) atoms. The lowest BCUT2D eigenvalue weighted by atomic mass is 10.1. The number of aryl methyl sites for hydroxylation is 1. The summed E-state index contributed by atoms with van der Waals surface area (Å²) < 4.78 is 11.3. The summed E-state index contributed by atoms with van der Waals surface area (Å²) in [7, 11) is 0. The summed E-state index contributed by atoms with van der Waals surface area (Å²) >= 11 is 1.20. The molecule has 1 aromatic rings. The molecule has 1 amide bonds. The van der Waals surface area contributed by atoms with E-state index in [9.17, 15) is 9.59 Å². The van der Waals surface area contributed by atoms with Crippen molar-refractivity contribution in [2.75, 3.05) is 25.6 Å². The van der Waals surface area contributed by atoms with Crippen molar-refractivity contribution in [1.29, 1.82) is 0 Å². The highest BCUT2D eigenvalue weighted by molar-refractivity contribution is 7.99. The molecule has 0 aromatic carbocycles. The topological polar surface area (TPSA) is 93.3 Å². The molecule has 1 aliphatic heterocycles. The average molecular weight is 367 g/mol. The Bertz CT molecular complexity index is 670. The van der Waals surface area contributed by atoms with Gasteiger partial charge in [0.15, 0.2) is 5.16 Å². The summed E-state index contributed by atoms with van der Waals surface area (Å²) in [4.78, 5) is 30.4. The Hall–Kier alpha value is -1.64. The van der Waals surface area contributed by atoms with Gasteiger partial charge in [-0.15, -0.1) is 0 Å².